The number of carbonyl (C=O) groups is 1. The lowest BCUT2D eigenvalue weighted by atomic mass is 9.96. The number of hydrogen-bond donors (Lipinski definition) is 1. The molecular formula is C14H21N3O. The van der Waals surface area contributed by atoms with Gasteiger partial charge in [-0.2, -0.15) is 0 Å². The third-order valence-electron chi connectivity index (χ3n) is 3.37. The lowest BCUT2D eigenvalue weighted by Gasteiger charge is -2.34. The standard InChI is InChI=1S/C14H21N3O/c1-11-8-12(15)10-17(9-11)14(18)6-5-13-4-2-3-7-16-13/h2-4,7,11-12H,5-6,8-10,15H2,1H3. The fraction of sp³-hybridized carbons (Fsp3) is 0.571. The summed E-state index contributed by atoms with van der Waals surface area (Å²) in [6, 6.07) is 5.92. The maximum atomic E-state index is 12.1. The molecular weight excluding hydrogens is 226 g/mol. The number of likely N-dealkylation sites (tertiary alicyclic amines) is 1. The topological polar surface area (TPSA) is 59.2 Å². The van der Waals surface area contributed by atoms with Gasteiger partial charge in [0.2, 0.25) is 5.91 Å². The van der Waals surface area contributed by atoms with E-state index in [0.717, 1.165) is 18.7 Å². The normalized spacial score (nSPS) is 24.0. The molecule has 1 aliphatic heterocycles. The Kier molecular flexibility index (Phi) is 4.31. The quantitative estimate of drug-likeness (QED) is 0.873. The first kappa shape index (κ1) is 13.0. The molecule has 0 aromatic carbocycles. The van der Waals surface area contributed by atoms with Crippen LogP contribution >= 0.6 is 0 Å². The first-order valence-electron chi connectivity index (χ1n) is 6.58. The van der Waals surface area contributed by atoms with Crippen molar-refractivity contribution in [3.8, 4) is 0 Å². The van der Waals surface area contributed by atoms with Crippen LogP contribution in [0.1, 0.15) is 25.5 Å². The van der Waals surface area contributed by atoms with Gasteiger partial charge in [-0.05, 0) is 30.9 Å². The molecule has 1 aliphatic rings. The summed E-state index contributed by atoms with van der Waals surface area (Å²) in [5, 5.41) is 0. The second-order valence-electron chi connectivity index (χ2n) is 5.22. The van der Waals surface area contributed by atoms with Crippen molar-refractivity contribution in [1.29, 1.82) is 0 Å². The van der Waals surface area contributed by atoms with Gasteiger partial charge in [0.15, 0.2) is 0 Å². The smallest absolute Gasteiger partial charge is 0.223 e. The zero-order valence-electron chi connectivity index (χ0n) is 10.9. The van der Waals surface area contributed by atoms with Crippen LogP contribution in [0.3, 0.4) is 0 Å². The summed E-state index contributed by atoms with van der Waals surface area (Å²) >= 11 is 0. The van der Waals surface area contributed by atoms with E-state index in [1.165, 1.54) is 0 Å². The van der Waals surface area contributed by atoms with E-state index in [9.17, 15) is 4.79 Å². The van der Waals surface area contributed by atoms with E-state index in [2.05, 4.69) is 11.9 Å². The van der Waals surface area contributed by atoms with Crippen LogP contribution in [0.15, 0.2) is 24.4 Å². The molecule has 2 unspecified atom stereocenters. The largest absolute Gasteiger partial charge is 0.341 e. The Labute approximate surface area is 108 Å². The van der Waals surface area contributed by atoms with E-state index in [1.807, 2.05) is 23.1 Å². The first-order chi connectivity index (χ1) is 8.65. The molecule has 0 saturated carbocycles. The number of pyridine rings is 1. The van der Waals surface area contributed by atoms with E-state index in [1.54, 1.807) is 6.20 Å². The van der Waals surface area contributed by atoms with Crippen LogP contribution in [-0.4, -0.2) is 34.9 Å². The van der Waals surface area contributed by atoms with Crippen LogP contribution in [0, 0.1) is 5.92 Å². The summed E-state index contributed by atoms with van der Waals surface area (Å²) in [7, 11) is 0. The van der Waals surface area contributed by atoms with E-state index in [4.69, 9.17) is 5.73 Å². The molecule has 0 bridgehead atoms. The minimum atomic E-state index is 0.132. The highest BCUT2D eigenvalue weighted by molar-refractivity contribution is 5.76. The number of carbonyl (C=O) groups excluding carboxylic acids is 1. The highest BCUT2D eigenvalue weighted by atomic mass is 16.2. The van der Waals surface area contributed by atoms with Crippen LogP contribution in [-0.2, 0) is 11.2 Å². The summed E-state index contributed by atoms with van der Waals surface area (Å²) in [6.45, 7) is 3.69. The van der Waals surface area contributed by atoms with Crippen LogP contribution in [0.25, 0.3) is 0 Å². The maximum absolute atomic E-state index is 12.1. The lowest BCUT2D eigenvalue weighted by molar-refractivity contribution is -0.133. The van der Waals surface area contributed by atoms with Crippen molar-refractivity contribution in [1.82, 2.24) is 9.88 Å². The fourth-order valence-corrected chi connectivity index (χ4v) is 2.54. The molecule has 18 heavy (non-hydrogen) atoms. The first-order valence-corrected chi connectivity index (χ1v) is 6.58. The Morgan fingerprint density at radius 3 is 3.00 bits per heavy atom. The van der Waals surface area contributed by atoms with Gasteiger partial charge in [0.25, 0.3) is 0 Å². The number of amides is 1. The minimum Gasteiger partial charge on any atom is -0.341 e. The van der Waals surface area contributed by atoms with E-state index >= 15 is 0 Å². The maximum Gasteiger partial charge on any atom is 0.223 e. The van der Waals surface area contributed by atoms with E-state index in [-0.39, 0.29) is 11.9 Å². The summed E-state index contributed by atoms with van der Waals surface area (Å²) in [6.07, 6.45) is 4.01. The minimum absolute atomic E-state index is 0.132. The summed E-state index contributed by atoms with van der Waals surface area (Å²) in [5.41, 5.74) is 6.93. The van der Waals surface area contributed by atoms with Crippen molar-refractivity contribution in [2.45, 2.75) is 32.2 Å². The molecule has 1 fully saturated rings. The van der Waals surface area contributed by atoms with Crippen molar-refractivity contribution in [2.24, 2.45) is 11.7 Å². The summed E-state index contributed by atoms with van der Waals surface area (Å²) in [5.74, 6) is 0.704. The van der Waals surface area contributed by atoms with Crippen LogP contribution in [0.5, 0.6) is 0 Å². The predicted octanol–water partition coefficient (Wildman–Crippen LogP) is 1.21. The number of aryl methyl sites for hydroxylation is 1. The molecule has 4 nitrogen and oxygen atoms in total. The SMILES string of the molecule is CC1CC(N)CN(C(=O)CCc2ccccn2)C1. The predicted molar refractivity (Wildman–Crippen MR) is 70.9 cm³/mol. The third-order valence-corrected chi connectivity index (χ3v) is 3.37. The van der Waals surface area contributed by atoms with Gasteiger partial charge in [0.1, 0.15) is 0 Å². The molecule has 98 valence electrons. The second-order valence-corrected chi connectivity index (χ2v) is 5.22. The van der Waals surface area contributed by atoms with Crippen molar-refractivity contribution in [3.63, 3.8) is 0 Å². The number of hydrogen-bond acceptors (Lipinski definition) is 3. The van der Waals surface area contributed by atoms with Gasteiger partial charge in [0.05, 0.1) is 0 Å². The van der Waals surface area contributed by atoms with Crippen molar-refractivity contribution >= 4 is 5.91 Å². The summed E-state index contributed by atoms with van der Waals surface area (Å²) < 4.78 is 0. The highest BCUT2D eigenvalue weighted by Crippen LogP contribution is 2.16. The van der Waals surface area contributed by atoms with Crippen LogP contribution in [0.4, 0.5) is 0 Å². The molecule has 2 rings (SSSR count). The Morgan fingerprint density at radius 1 is 1.50 bits per heavy atom. The molecule has 1 aromatic heterocycles. The Balaban J connectivity index is 1.84. The lowest BCUT2D eigenvalue weighted by Crippen LogP contribution is -2.48. The van der Waals surface area contributed by atoms with Gasteiger partial charge in [-0.25, -0.2) is 0 Å². The highest BCUT2D eigenvalue weighted by Gasteiger charge is 2.25. The Bertz CT molecular complexity index is 383. The second kappa shape index (κ2) is 5.96. The number of nitrogens with zero attached hydrogens (tertiary/aromatic N) is 2. The average Bonchev–Trinajstić information content (AvgIpc) is 2.36. The molecule has 1 amide bonds. The fourth-order valence-electron chi connectivity index (χ4n) is 2.54. The molecule has 0 aliphatic carbocycles. The summed E-state index contributed by atoms with van der Waals surface area (Å²) in [4.78, 5) is 18.2. The number of nitrogens with two attached hydrogens (primary N) is 1. The van der Waals surface area contributed by atoms with Crippen LogP contribution in [0.2, 0.25) is 0 Å². The number of aromatic nitrogens is 1. The monoisotopic (exact) mass is 247 g/mol. The van der Waals surface area contributed by atoms with Gasteiger partial charge in [0, 0.05) is 37.4 Å². The molecule has 4 heteroatoms. The molecule has 0 radical (unpaired) electrons. The molecule has 2 heterocycles. The molecule has 2 N–H and O–H groups in total. The van der Waals surface area contributed by atoms with Crippen molar-refractivity contribution in [3.05, 3.63) is 30.1 Å². The molecule has 1 saturated heterocycles. The van der Waals surface area contributed by atoms with Gasteiger partial charge in [-0.15, -0.1) is 0 Å². The van der Waals surface area contributed by atoms with Crippen molar-refractivity contribution in [2.75, 3.05) is 13.1 Å². The van der Waals surface area contributed by atoms with Gasteiger partial charge < -0.3 is 10.6 Å². The van der Waals surface area contributed by atoms with E-state index in [0.29, 0.717) is 25.3 Å². The van der Waals surface area contributed by atoms with Crippen molar-refractivity contribution < 1.29 is 4.79 Å². The number of rotatable bonds is 3. The number of piperidine rings is 1. The van der Waals surface area contributed by atoms with E-state index < -0.39 is 0 Å². The van der Waals surface area contributed by atoms with Gasteiger partial charge >= 0.3 is 0 Å². The molecule has 1 aromatic rings. The average molecular weight is 247 g/mol. The molecule has 2 atom stereocenters. The zero-order valence-corrected chi connectivity index (χ0v) is 10.9. The molecule has 0 spiro atoms. The Morgan fingerprint density at radius 2 is 2.33 bits per heavy atom. The zero-order chi connectivity index (χ0) is 13.0. The Hall–Kier alpha value is -1.42. The van der Waals surface area contributed by atoms with Crippen LogP contribution < -0.4 is 5.73 Å². The van der Waals surface area contributed by atoms with Gasteiger partial charge in [-0.3, -0.25) is 9.78 Å². The van der Waals surface area contributed by atoms with Gasteiger partial charge in [-0.1, -0.05) is 13.0 Å². The third kappa shape index (κ3) is 3.53.